The molecule has 0 aliphatic heterocycles. The number of ether oxygens (including phenoxy) is 2. The largest absolute Gasteiger partial charge is 0.497 e. The van der Waals surface area contributed by atoms with E-state index in [4.69, 9.17) is 18.3 Å². The number of carbonyl (C=O) groups excluding carboxylic acids is 1. The quantitative estimate of drug-likeness (QED) is 0.772. The van der Waals surface area contributed by atoms with Gasteiger partial charge in [-0.1, -0.05) is 5.10 Å². The summed E-state index contributed by atoms with van der Waals surface area (Å²) < 4.78 is 20.8. The zero-order valence-corrected chi connectivity index (χ0v) is 12.4. The molecule has 23 heavy (non-hydrogen) atoms. The minimum atomic E-state index is -0.463. The van der Waals surface area contributed by atoms with Crippen LogP contribution in [0.25, 0.3) is 11.7 Å². The Bertz CT molecular complexity index is 810. The average molecular weight is 315 g/mol. The van der Waals surface area contributed by atoms with Gasteiger partial charge in [0.1, 0.15) is 11.5 Å². The van der Waals surface area contributed by atoms with Crippen LogP contribution in [0, 0.1) is 0 Å². The van der Waals surface area contributed by atoms with Crippen LogP contribution in [0.15, 0.2) is 45.4 Å². The second-order valence-corrected chi connectivity index (χ2v) is 4.41. The molecule has 0 saturated heterocycles. The van der Waals surface area contributed by atoms with Crippen LogP contribution in [-0.2, 0) is 0 Å². The number of hydrogen-bond acceptors (Lipinski definition) is 7. The third-order valence-corrected chi connectivity index (χ3v) is 3.03. The Morgan fingerprint density at radius 3 is 2.74 bits per heavy atom. The summed E-state index contributed by atoms with van der Waals surface area (Å²) >= 11 is 0. The second-order valence-electron chi connectivity index (χ2n) is 4.41. The molecule has 1 N–H and O–H groups in total. The van der Waals surface area contributed by atoms with Gasteiger partial charge in [0.25, 0.3) is 11.8 Å². The van der Waals surface area contributed by atoms with Crippen LogP contribution in [-0.4, -0.2) is 30.3 Å². The van der Waals surface area contributed by atoms with Crippen molar-refractivity contribution < 1.29 is 23.1 Å². The zero-order chi connectivity index (χ0) is 16.2. The lowest BCUT2D eigenvalue weighted by Crippen LogP contribution is -2.13. The fraction of sp³-hybridized carbons (Fsp3) is 0.133. The van der Waals surface area contributed by atoms with Gasteiger partial charge in [-0.25, -0.2) is 0 Å². The van der Waals surface area contributed by atoms with Crippen molar-refractivity contribution in [3.05, 3.63) is 42.2 Å². The highest BCUT2D eigenvalue weighted by atomic mass is 16.5. The van der Waals surface area contributed by atoms with Crippen LogP contribution in [0.2, 0.25) is 0 Å². The molecule has 3 aromatic rings. The van der Waals surface area contributed by atoms with Gasteiger partial charge in [0.15, 0.2) is 5.76 Å². The number of anilines is 1. The third kappa shape index (κ3) is 3.00. The van der Waals surface area contributed by atoms with Crippen LogP contribution >= 0.6 is 0 Å². The fourth-order valence-corrected chi connectivity index (χ4v) is 1.93. The van der Waals surface area contributed by atoms with Crippen molar-refractivity contribution in [3.63, 3.8) is 0 Å². The number of aromatic nitrogens is 2. The summed E-state index contributed by atoms with van der Waals surface area (Å²) in [6.45, 7) is 0. The van der Waals surface area contributed by atoms with E-state index < -0.39 is 5.91 Å². The maximum absolute atomic E-state index is 12.4. The standard InChI is InChI=1S/C15H13N3O5/c1-20-9-5-6-11(21-2)10(8-9)13(19)16-15-18-17-14(23-15)12-4-3-7-22-12/h3-8H,1-2H3,(H,16,18,19). The maximum atomic E-state index is 12.4. The Balaban J connectivity index is 1.82. The molecule has 0 unspecified atom stereocenters. The van der Waals surface area contributed by atoms with Gasteiger partial charge in [-0.05, 0) is 30.3 Å². The van der Waals surface area contributed by atoms with E-state index in [1.807, 2.05) is 0 Å². The first-order chi connectivity index (χ1) is 11.2. The zero-order valence-electron chi connectivity index (χ0n) is 12.4. The Morgan fingerprint density at radius 1 is 1.17 bits per heavy atom. The van der Waals surface area contributed by atoms with E-state index in [2.05, 4.69) is 15.5 Å². The van der Waals surface area contributed by atoms with Crippen LogP contribution in [0.3, 0.4) is 0 Å². The lowest BCUT2D eigenvalue weighted by molar-refractivity contribution is 0.102. The van der Waals surface area contributed by atoms with E-state index in [0.29, 0.717) is 17.3 Å². The molecule has 8 nitrogen and oxygen atoms in total. The lowest BCUT2D eigenvalue weighted by Gasteiger charge is -2.09. The molecule has 118 valence electrons. The van der Waals surface area contributed by atoms with Crippen LogP contribution in [0.1, 0.15) is 10.4 Å². The van der Waals surface area contributed by atoms with Crippen molar-refractivity contribution in [2.24, 2.45) is 0 Å². The first kappa shape index (κ1) is 14.6. The third-order valence-electron chi connectivity index (χ3n) is 3.03. The summed E-state index contributed by atoms with van der Waals surface area (Å²) in [5.74, 6) is 1.04. The van der Waals surface area contributed by atoms with E-state index in [1.165, 1.54) is 20.5 Å². The molecule has 0 atom stereocenters. The van der Waals surface area contributed by atoms with Crippen molar-refractivity contribution in [3.8, 4) is 23.1 Å². The highest BCUT2D eigenvalue weighted by Crippen LogP contribution is 2.25. The first-order valence-electron chi connectivity index (χ1n) is 6.62. The van der Waals surface area contributed by atoms with Gasteiger partial charge in [-0.15, -0.1) is 5.10 Å². The molecular weight excluding hydrogens is 302 g/mol. The lowest BCUT2D eigenvalue weighted by atomic mass is 10.1. The topological polar surface area (TPSA) is 99.6 Å². The van der Waals surface area contributed by atoms with E-state index in [0.717, 1.165) is 0 Å². The molecule has 0 aliphatic carbocycles. The SMILES string of the molecule is COc1ccc(OC)c(C(=O)Nc2nnc(-c3ccco3)o2)c1. The molecule has 3 rings (SSSR count). The maximum Gasteiger partial charge on any atom is 0.322 e. The summed E-state index contributed by atoms with van der Waals surface area (Å²) in [4.78, 5) is 12.4. The molecule has 0 spiro atoms. The number of benzene rings is 1. The summed E-state index contributed by atoms with van der Waals surface area (Å²) in [6.07, 6.45) is 1.49. The number of nitrogens with zero attached hydrogens (tertiary/aromatic N) is 2. The predicted octanol–water partition coefficient (Wildman–Crippen LogP) is 2.60. The molecule has 0 saturated carbocycles. The number of methoxy groups -OCH3 is 2. The molecule has 2 heterocycles. The molecular formula is C15H13N3O5. The Kier molecular flexibility index (Phi) is 3.96. The second kappa shape index (κ2) is 6.22. The molecule has 0 fully saturated rings. The minimum Gasteiger partial charge on any atom is -0.497 e. The van der Waals surface area contributed by atoms with Crippen molar-refractivity contribution in [2.75, 3.05) is 19.5 Å². The molecule has 2 aromatic heterocycles. The molecule has 0 bridgehead atoms. The highest BCUT2D eigenvalue weighted by molar-refractivity contribution is 6.05. The van der Waals surface area contributed by atoms with Crippen LogP contribution in [0.5, 0.6) is 11.5 Å². The smallest absolute Gasteiger partial charge is 0.322 e. The van der Waals surface area contributed by atoms with Crippen molar-refractivity contribution >= 4 is 11.9 Å². The van der Waals surface area contributed by atoms with Gasteiger partial charge in [-0.2, -0.15) is 0 Å². The summed E-state index contributed by atoms with van der Waals surface area (Å²) in [6, 6.07) is 8.19. The van der Waals surface area contributed by atoms with Gasteiger partial charge in [0.2, 0.25) is 0 Å². The molecule has 0 aliphatic rings. The van der Waals surface area contributed by atoms with Gasteiger partial charge >= 0.3 is 6.01 Å². The number of furan rings is 1. The van der Waals surface area contributed by atoms with Gasteiger partial charge in [0, 0.05) is 0 Å². The Morgan fingerprint density at radius 2 is 2.04 bits per heavy atom. The fourth-order valence-electron chi connectivity index (χ4n) is 1.93. The highest BCUT2D eigenvalue weighted by Gasteiger charge is 2.17. The molecule has 1 amide bonds. The summed E-state index contributed by atoms with van der Waals surface area (Å²) in [5.41, 5.74) is 0.282. The van der Waals surface area contributed by atoms with Crippen LogP contribution in [0.4, 0.5) is 6.01 Å². The number of amides is 1. The van der Waals surface area contributed by atoms with Gasteiger partial charge < -0.3 is 18.3 Å². The number of carbonyl (C=O) groups is 1. The summed E-state index contributed by atoms with van der Waals surface area (Å²) in [5, 5.41) is 10.1. The monoisotopic (exact) mass is 315 g/mol. The molecule has 1 aromatic carbocycles. The van der Waals surface area contributed by atoms with E-state index in [9.17, 15) is 4.79 Å². The Hall–Kier alpha value is -3.29. The van der Waals surface area contributed by atoms with E-state index in [-0.39, 0.29) is 17.5 Å². The van der Waals surface area contributed by atoms with Crippen LogP contribution < -0.4 is 14.8 Å². The van der Waals surface area contributed by atoms with Gasteiger partial charge in [0.05, 0.1) is 26.0 Å². The van der Waals surface area contributed by atoms with Crippen molar-refractivity contribution in [1.29, 1.82) is 0 Å². The Labute approximate surface area is 131 Å². The molecule has 8 heteroatoms. The van der Waals surface area contributed by atoms with Crippen molar-refractivity contribution in [1.82, 2.24) is 10.2 Å². The van der Waals surface area contributed by atoms with Crippen molar-refractivity contribution in [2.45, 2.75) is 0 Å². The first-order valence-corrected chi connectivity index (χ1v) is 6.62. The van der Waals surface area contributed by atoms with E-state index in [1.54, 1.807) is 30.3 Å². The average Bonchev–Trinajstić information content (AvgIpc) is 3.25. The normalized spacial score (nSPS) is 10.3. The number of hydrogen-bond donors (Lipinski definition) is 1. The molecule has 0 radical (unpaired) electrons. The summed E-state index contributed by atoms with van der Waals surface area (Å²) in [7, 11) is 2.98. The number of nitrogens with one attached hydrogen (secondary N) is 1. The van der Waals surface area contributed by atoms with E-state index >= 15 is 0 Å². The van der Waals surface area contributed by atoms with Gasteiger partial charge in [-0.3, -0.25) is 10.1 Å². The minimum absolute atomic E-state index is 0.0497. The predicted molar refractivity (Wildman–Crippen MR) is 79.5 cm³/mol. The number of rotatable bonds is 5.